The van der Waals surface area contributed by atoms with Crippen LogP contribution in [-0.4, -0.2) is 61.5 Å². The Hall–Kier alpha value is -2.36. The maximum atomic E-state index is 12.3. The number of aromatic nitrogens is 1. The van der Waals surface area contributed by atoms with Gasteiger partial charge in [-0.15, -0.1) is 0 Å². The number of sulfone groups is 1. The highest BCUT2D eigenvalue weighted by Crippen LogP contribution is 2.23. The van der Waals surface area contributed by atoms with Gasteiger partial charge >= 0.3 is 11.9 Å². The topological polar surface area (TPSA) is 132 Å². The maximum Gasteiger partial charge on any atom is 0.355 e. The Bertz CT molecular complexity index is 872. The number of hydrogen-bond acceptors (Lipinski definition) is 7. The standard InChI is InChI=1S/C17H24N2O7S/c1-5-25-15(21)13-10(2)14(18-11(13)3)16(22)26-8-12(20)19-17(4)6-7-27(23,24)9-17/h18H,5-9H2,1-4H3,(H,19,20)/t17-/m1/s1. The first-order chi connectivity index (χ1) is 12.5. The van der Waals surface area contributed by atoms with Crippen molar-refractivity contribution in [2.45, 2.75) is 39.7 Å². The Kier molecular flexibility index (Phi) is 5.98. The van der Waals surface area contributed by atoms with Crippen LogP contribution < -0.4 is 5.32 Å². The molecule has 9 nitrogen and oxygen atoms in total. The molecule has 1 aromatic heterocycles. The van der Waals surface area contributed by atoms with Gasteiger partial charge in [-0.05, 0) is 39.7 Å². The van der Waals surface area contributed by atoms with Gasteiger partial charge in [-0.1, -0.05) is 0 Å². The number of H-pyrrole nitrogens is 1. The van der Waals surface area contributed by atoms with E-state index in [9.17, 15) is 22.8 Å². The third-order valence-corrected chi connectivity index (χ3v) is 6.30. The quantitative estimate of drug-likeness (QED) is 0.670. The number of aromatic amines is 1. The molecular weight excluding hydrogens is 376 g/mol. The van der Waals surface area contributed by atoms with Crippen LogP contribution in [0.4, 0.5) is 0 Å². The molecular formula is C17H24N2O7S. The molecule has 1 fully saturated rings. The molecule has 1 amide bonds. The van der Waals surface area contributed by atoms with E-state index in [1.807, 2.05) is 0 Å². The van der Waals surface area contributed by atoms with E-state index in [4.69, 9.17) is 9.47 Å². The number of amides is 1. The molecule has 27 heavy (non-hydrogen) atoms. The average Bonchev–Trinajstić information content (AvgIpc) is 3.00. The number of nitrogens with one attached hydrogen (secondary N) is 2. The van der Waals surface area contributed by atoms with Crippen molar-refractivity contribution < 1.29 is 32.3 Å². The fraction of sp³-hybridized carbons (Fsp3) is 0.588. The highest BCUT2D eigenvalue weighted by Gasteiger charge is 2.39. The minimum absolute atomic E-state index is 0.0150. The second kappa shape index (κ2) is 7.71. The Labute approximate surface area is 157 Å². The van der Waals surface area contributed by atoms with Crippen molar-refractivity contribution in [3.05, 3.63) is 22.5 Å². The van der Waals surface area contributed by atoms with E-state index in [-0.39, 0.29) is 29.4 Å². The van der Waals surface area contributed by atoms with Crippen LogP contribution >= 0.6 is 0 Å². The zero-order valence-corrected chi connectivity index (χ0v) is 16.6. The molecule has 1 atom stereocenters. The number of hydrogen-bond donors (Lipinski definition) is 2. The van der Waals surface area contributed by atoms with Crippen molar-refractivity contribution in [2.24, 2.45) is 0 Å². The molecule has 1 saturated heterocycles. The monoisotopic (exact) mass is 400 g/mol. The van der Waals surface area contributed by atoms with E-state index < -0.39 is 39.8 Å². The summed E-state index contributed by atoms with van der Waals surface area (Å²) in [7, 11) is -3.17. The second-order valence-corrected chi connectivity index (χ2v) is 9.06. The molecule has 2 rings (SSSR count). The summed E-state index contributed by atoms with van der Waals surface area (Å²) < 4.78 is 33.1. The van der Waals surface area contributed by atoms with E-state index in [1.54, 1.807) is 27.7 Å². The van der Waals surface area contributed by atoms with Crippen molar-refractivity contribution in [3.8, 4) is 0 Å². The van der Waals surface area contributed by atoms with Gasteiger partial charge in [0.25, 0.3) is 5.91 Å². The molecule has 0 aromatic carbocycles. The van der Waals surface area contributed by atoms with E-state index in [2.05, 4.69) is 10.3 Å². The largest absolute Gasteiger partial charge is 0.462 e. The van der Waals surface area contributed by atoms with Gasteiger partial charge in [-0.2, -0.15) is 0 Å². The van der Waals surface area contributed by atoms with Crippen LogP contribution in [0.5, 0.6) is 0 Å². The maximum absolute atomic E-state index is 12.3. The van der Waals surface area contributed by atoms with Crippen molar-refractivity contribution in [1.29, 1.82) is 0 Å². The third kappa shape index (κ3) is 4.88. The molecule has 1 aliphatic heterocycles. The van der Waals surface area contributed by atoms with Gasteiger partial charge in [-0.3, -0.25) is 4.79 Å². The molecule has 0 aliphatic carbocycles. The summed E-state index contributed by atoms with van der Waals surface area (Å²) in [5.74, 6) is -2.05. The minimum atomic E-state index is -3.17. The fourth-order valence-electron chi connectivity index (χ4n) is 3.15. The Morgan fingerprint density at radius 3 is 2.41 bits per heavy atom. The summed E-state index contributed by atoms with van der Waals surface area (Å²) >= 11 is 0. The fourth-order valence-corrected chi connectivity index (χ4v) is 5.24. The molecule has 0 radical (unpaired) electrons. The number of ether oxygens (including phenoxy) is 2. The van der Waals surface area contributed by atoms with E-state index >= 15 is 0 Å². The highest BCUT2D eigenvalue weighted by molar-refractivity contribution is 7.91. The molecule has 150 valence electrons. The van der Waals surface area contributed by atoms with Gasteiger partial charge in [0.15, 0.2) is 16.4 Å². The summed E-state index contributed by atoms with van der Waals surface area (Å²) in [6, 6.07) is 0. The van der Waals surface area contributed by atoms with Crippen LogP contribution in [0, 0.1) is 13.8 Å². The lowest BCUT2D eigenvalue weighted by molar-refractivity contribution is -0.125. The Morgan fingerprint density at radius 1 is 1.19 bits per heavy atom. The molecule has 2 heterocycles. The zero-order valence-electron chi connectivity index (χ0n) is 15.8. The Balaban J connectivity index is 1.99. The number of carbonyl (C=O) groups is 3. The first-order valence-electron chi connectivity index (χ1n) is 8.53. The van der Waals surface area contributed by atoms with Gasteiger partial charge in [0.05, 0.1) is 29.2 Å². The van der Waals surface area contributed by atoms with Crippen LogP contribution in [0.2, 0.25) is 0 Å². The number of carbonyl (C=O) groups excluding carboxylic acids is 3. The predicted octanol–water partition coefficient (Wildman–Crippen LogP) is 0.658. The van der Waals surface area contributed by atoms with Crippen LogP contribution in [0.15, 0.2) is 0 Å². The molecule has 0 unspecified atom stereocenters. The van der Waals surface area contributed by atoms with Gasteiger partial charge in [0.2, 0.25) is 0 Å². The average molecular weight is 400 g/mol. The van der Waals surface area contributed by atoms with E-state index in [0.29, 0.717) is 17.7 Å². The summed E-state index contributed by atoms with van der Waals surface area (Å²) in [4.78, 5) is 39.0. The lowest BCUT2D eigenvalue weighted by Gasteiger charge is -2.23. The van der Waals surface area contributed by atoms with Crippen molar-refractivity contribution in [1.82, 2.24) is 10.3 Å². The molecule has 0 bridgehead atoms. The number of esters is 2. The lowest BCUT2D eigenvalue weighted by Crippen LogP contribution is -2.48. The molecule has 1 aliphatic rings. The van der Waals surface area contributed by atoms with Crippen molar-refractivity contribution in [3.63, 3.8) is 0 Å². The van der Waals surface area contributed by atoms with Gasteiger partial charge in [-0.25, -0.2) is 18.0 Å². The second-order valence-electron chi connectivity index (χ2n) is 6.87. The van der Waals surface area contributed by atoms with Gasteiger partial charge in [0.1, 0.15) is 5.69 Å². The predicted molar refractivity (Wildman–Crippen MR) is 96.3 cm³/mol. The summed E-state index contributed by atoms with van der Waals surface area (Å²) in [5, 5.41) is 2.60. The summed E-state index contributed by atoms with van der Waals surface area (Å²) in [6.07, 6.45) is 0.312. The smallest absolute Gasteiger partial charge is 0.355 e. The zero-order chi connectivity index (χ0) is 20.4. The van der Waals surface area contributed by atoms with Crippen molar-refractivity contribution in [2.75, 3.05) is 24.7 Å². The molecule has 0 saturated carbocycles. The Morgan fingerprint density at radius 2 is 1.85 bits per heavy atom. The first-order valence-corrected chi connectivity index (χ1v) is 10.3. The van der Waals surface area contributed by atoms with Crippen LogP contribution in [0.25, 0.3) is 0 Å². The van der Waals surface area contributed by atoms with Crippen molar-refractivity contribution >= 4 is 27.7 Å². The lowest BCUT2D eigenvalue weighted by atomic mass is 10.0. The van der Waals surface area contributed by atoms with Crippen LogP contribution in [0.3, 0.4) is 0 Å². The van der Waals surface area contributed by atoms with Crippen LogP contribution in [-0.2, 0) is 24.1 Å². The number of rotatable bonds is 6. The molecule has 0 spiro atoms. The van der Waals surface area contributed by atoms with E-state index in [0.717, 1.165) is 0 Å². The first kappa shape index (κ1) is 20.9. The molecule has 10 heteroatoms. The normalized spacial score (nSPS) is 20.9. The molecule has 2 N–H and O–H groups in total. The van der Waals surface area contributed by atoms with Crippen LogP contribution in [0.1, 0.15) is 52.4 Å². The summed E-state index contributed by atoms with van der Waals surface area (Å²) in [6.45, 7) is 6.18. The van der Waals surface area contributed by atoms with E-state index in [1.165, 1.54) is 0 Å². The van der Waals surface area contributed by atoms with Gasteiger partial charge < -0.3 is 19.8 Å². The highest BCUT2D eigenvalue weighted by atomic mass is 32.2. The SMILES string of the molecule is CCOC(=O)c1c(C)[nH]c(C(=O)OCC(=O)N[C@]2(C)CCS(=O)(=O)C2)c1C. The minimum Gasteiger partial charge on any atom is -0.462 e. The molecule has 1 aromatic rings. The number of aryl methyl sites for hydroxylation is 1. The third-order valence-electron chi connectivity index (χ3n) is 4.40. The van der Waals surface area contributed by atoms with Gasteiger partial charge in [0, 0.05) is 5.69 Å². The summed E-state index contributed by atoms with van der Waals surface area (Å²) in [5.41, 5.74) is 0.310.